The Kier molecular flexibility index (Phi) is 4.04. The third-order valence-electron chi connectivity index (χ3n) is 3.54. The first-order valence-corrected chi connectivity index (χ1v) is 7.74. The molecular formula is C16H13BrN2O4. The molecule has 2 aromatic carbocycles. The molecule has 0 atom stereocenters. The Morgan fingerprint density at radius 2 is 2.13 bits per heavy atom. The van der Waals surface area contributed by atoms with Crippen molar-refractivity contribution in [2.45, 2.75) is 13.3 Å². The van der Waals surface area contributed by atoms with Gasteiger partial charge in [-0.3, -0.25) is 10.1 Å². The van der Waals surface area contributed by atoms with Gasteiger partial charge in [0.25, 0.3) is 5.69 Å². The summed E-state index contributed by atoms with van der Waals surface area (Å²) in [6, 6.07) is 8.43. The van der Waals surface area contributed by atoms with Gasteiger partial charge in [0.15, 0.2) is 5.58 Å². The molecule has 0 amide bonds. The van der Waals surface area contributed by atoms with Crippen molar-refractivity contribution in [2.24, 2.45) is 0 Å². The fourth-order valence-corrected chi connectivity index (χ4v) is 2.92. The highest BCUT2D eigenvalue weighted by Gasteiger charge is 2.17. The number of rotatable bonds is 4. The second-order valence-corrected chi connectivity index (χ2v) is 5.79. The monoisotopic (exact) mass is 376 g/mol. The van der Waals surface area contributed by atoms with Gasteiger partial charge in [0, 0.05) is 23.3 Å². The molecule has 7 heteroatoms. The molecule has 0 saturated carbocycles. The Balaban J connectivity index is 2.16. The summed E-state index contributed by atoms with van der Waals surface area (Å²) in [5.74, 6) is 1.12. The number of nitrogens with zero attached hydrogens (tertiary/aromatic N) is 2. The number of nitro groups is 1. The molecule has 0 aliphatic carbocycles. The largest absolute Gasteiger partial charge is 0.496 e. The first kappa shape index (κ1) is 15.5. The fraction of sp³-hybridized carbons (Fsp3) is 0.188. The number of aromatic nitrogens is 1. The van der Waals surface area contributed by atoms with Crippen molar-refractivity contribution >= 4 is 32.7 Å². The van der Waals surface area contributed by atoms with Crippen LogP contribution in [-0.4, -0.2) is 17.0 Å². The van der Waals surface area contributed by atoms with Crippen LogP contribution in [0.5, 0.6) is 5.75 Å². The third-order valence-corrected chi connectivity index (χ3v) is 4.16. The molecule has 0 spiro atoms. The van der Waals surface area contributed by atoms with Crippen molar-refractivity contribution in [3.8, 4) is 17.2 Å². The van der Waals surface area contributed by atoms with E-state index < -0.39 is 4.92 Å². The van der Waals surface area contributed by atoms with Gasteiger partial charge in [-0.05, 0) is 40.5 Å². The van der Waals surface area contributed by atoms with Crippen LogP contribution in [0.15, 0.2) is 39.2 Å². The maximum atomic E-state index is 11.0. The number of halogens is 1. The molecule has 0 radical (unpaired) electrons. The molecule has 0 fully saturated rings. The first-order valence-electron chi connectivity index (χ1n) is 6.95. The van der Waals surface area contributed by atoms with Crippen LogP contribution >= 0.6 is 15.9 Å². The maximum absolute atomic E-state index is 11.0. The molecule has 0 saturated heterocycles. The lowest BCUT2D eigenvalue weighted by molar-refractivity contribution is -0.384. The van der Waals surface area contributed by atoms with Crippen molar-refractivity contribution < 1.29 is 14.1 Å². The zero-order valence-corrected chi connectivity index (χ0v) is 14.1. The zero-order valence-electron chi connectivity index (χ0n) is 12.5. The van der Waals surface area contributed by atoms with Crippen LogP contribution in [0.3, 0.4) is 0 Å². The standard InChI is InChI=1S/C16H13BrN2O4/c1-3-9-6-11(19(20)21)8-13-15(9)23-16(18-13)10-4-5-14(22-2)12(17)7-10/h4-8H,3H2,1-2H3. The van der Waals surface area contributed by atoms with Crippen LogP contribution < -0.4 is 4.74 Å². The summed E-state index contributed by atoms with van der Waals surface area (Å²) in [5, 5.41) is 11.0. The average Bonchev–Trinajstić information content (AvgIpc) is 2.97. The number of hydrogen-bond acceptors (Lipinski definition) is 5. The van der Waals surface area contributed by atoms with E-state index in [2.05, 4.69) is 20.9 Å². The van der Waals surface area contributed by atoms with Crippen molar-refractivity contribution in [1.82, 2.24) is 4.98 Å². The summed E-state index contributed by atoms with van der Waals surface area (Å²) in [7, 11) is 1.59. The molecule has 0 unspecified atom stereocenters. The number of benzene rings is 2. The lowest BCUT2D eigenvalue weighted by atomic mass is 10.1. The first-order chi connectivity index (χ1) is 11.0. The Hall–Kier alpha value is -2.41. The number of methoxy groups -OCH3 is 1. The lowest BCUT2D eigenvalue weighted by Crippen LogP contribution is -1.90. The molecule has 3 rings (SSSR count). The minimum absolute atomic E-state index is 0.0186. The van der Waals surface area contributed by atoms with E-state index in [1.165, 1.54) is 12.1 Å². The Bertz CT molecular complexity index is 904. The highest BCUT2D eigenvalue weighted by atomic mass is 79.9. The van der Waals surface area contributed by atoms with Gasteiger partial charge >= 0.3 is 0 Å². The Labute approximate surface area is 140 Å². The minimum atomic E-state index is -0.420. The van der Waals surface area contributed by atoms with Crippen molar-refractivity contribution in [3.63, 3.8) is 0 Å². The van der Waals surface area contributed by atoms with E-state index in [0.29, 0.717) is 29.2 Å². The molecule has 0 N–H and O–H groups in total. The summed E-state index contributed by atoms with van der Waals surface area (Å²) < 4.78 is 11.8. The molecule has 0 aliphatic rings. The van der Waals surface area contributed by atoms with Crippen molar-refractivity contribution in [3.05, 3.63) is 50.5 Å². The van der Waals surface area contributed by atoms with E-state index in [4.69, 9.17) is 9.15 Å². The lowest BCUT2D eigenvalue weighted by Gasteiger charge is -2.03. The van der Waals surface area contributed by atoms with Gasteiger partial charge in [-0.25, -0.2) is 4.98 Å². The van der Waals surface area contributed by atoms with Gasteiger partial charge in [-0.15, -0.1) is 0 Å². The van der Waals surface area contributed by atoms with Gasteiger partial charge in [0.2, 0.25) is 5.89 Å². The van der Waals surface area contributed by atoms with E-state index in [9.17, 15) is 10.1 Å². The third kappa shape index (κ3) is 2.79. The molecule has 118 valence electrons. The van der Waals surface area contributed by atoms with Crippen LogP contribution in [0, 0.1) is 10.1 Å². The van der Waals surface area contributed by atoms with Crippen LogP contribution in [0.1, 0.15) is 12.5 Å². The van der Waals surface area contributed by atoms with E-state index in [1.54, 1.807) is 13.2 Å². The molecule has 1 heterocycles. The van der Waals surface area contributed by atoms with Crippen molar-refractivity contribution in [1.29, 1.82) is 0 Å². The fourth-order valence-electron chi connectivity index (χ4n) is 2.38. The SMILES string of the molecule is CCc1cc([N+](=O)[O-])cc2nc(-c3ccc(OC)c(Br)c3)oc12. The van der Waals surface area contributed by atoms with Crippen LogP contribution in [0.25, 0.3) is 22.6 Å². The van der Waals surface area contributed by atoms with Gasteiger partial charge in [-0.2, -0.15) is 0 Å². The van der Waals surface area contributed by atoms with Gasteiger partial charge < -0.3 is 9.15 Å². The summed E-state index contributed by atoms with van der Waals surface area (Å²) in [4.78, 5) is 15.0. The zero-order chi connectivity index (χ0) is 16.6. The smallest absolute Gasteiger partial charge is 0.272 e. The Morgan fingerprint density at radius 1 is 1.35 bits per heavy atom. The maximum Gasteiger partial charge on any atom is 0.272 e. The average molecular weight is 377 g/mol. The van der Waals surface area contributed by atoms with E-state index in [1.807, 2.05) is 19.1 Å². The van der Waals surface area contributed by atoms with E-state index in [0.717, 1.165) is 15.6 Å². The summed E-state index contributed by atoms with van der Waals surface area (Å²) in [5.41, 5.74) is 2.61. The normalized spacial score (nSPS) is 10.9. The number of aryl methyl sites for hydroxylation is 1. The Morgan fingerprint density at radius 3 is 2.74 bits per heavy atom. The number of hydrogen-bond donors (Lipinski definition) is 0. The van der Waals surface area contributed by atoms with E-state index >= 15 is 0 Å². The molecule has 1 aromatic heterocycles. The van der Waals surface area contributed by atoms with Crippen LogP contribution in [0.4, 0.5) is 5.69 Å². The second-order valence-electron chi connectivity index (χ2n) is 4.93. The predicted octanol–water partition coefficient (Wildman–Crippen LogP) is 4.74. The summed E-state index contributed by atoms with van der Waals surface area (Å²) in [6.07, 6.45) is 0.624. The highest BCUT2D eigenvalue weighted by Crippen LogP contribution is 2.33. The van der Waals surface area contributed by atoms with Crippen molar-refractivity contribution in [2.75, 3.05) is 7.11 Å². The van der Waals surface area contributed by atoms with Gasteiger partial charge in [-0.1, -0.05) is 6.92 Å². The van der Waals surface area contributed by atoms with Gasteiger partial charge in [0.1, 0.15) is 11.3 Å². The second kappa shape index (κ2) is 6.00. The molecule has 0 bridgehead atoms. The number of fused-ring (bicyclic) bond motifs is 1. The van der Waals surface area contributed by atoms with E-state index in [-0.39, 0.29) is 5.69 Å². The quantitative estimate of drug-likeness (QED) is 0.485. The minimum Gasteiger partial charge on any atom is -0.496 e. The van der Waals surface area contributed by atoms with Crippen LogP contribution in [0.2, 0.25) is 0 Å². The van der Waals surface area contributed by atoms with Crippen LogP contribution in [-0.2, 0) is 6.42 Å². The summed E-state index contributed by atoms with van der Waals surface area (Å²) >= 11 is 3.42. The topological polar surface area (TPSA) is 78.4 Å². The summed E-state index contributed by atoms with van der Waals surface area (Å²) in [6.45, 7) is 1.92. The molecule has 23 heavy (non-hydrogen) atoms. The molecule has 6 nitrogen and oxygen atoms in total. The predicted molar refractivity (Wildman–Crippen MR) is 89.7 cm³/mol. The number of non-ortho nitro benzene ring substituents is 1. The number of ether oxygens (including phenoxy) is 1. The highest BCUT2D eigenvalue weighted by molar-refractivity contribution is 9.10. The number of nitro benzene ring substituents is 1. The molecule has 3 aromatic rings. The molecule has 0 aliphatic heterocycles. The molecular weight excluding hydrogens is 364 g/mol. The van der Waals surface area contributed by atoms with Gasteiger partial charge in [0.05, 0.1) is 16.5 Å². The number of oxazole rings is 1.